The van der Waals surface area contributed by atoms with Gasteiger partial charge in [0.25, 0.3) is 5.91 Å². The van der Waals surface area contributed by atoms with Gasteiger partial charge in [-0.25, -0.2) is 9.59 Å². The van der Waals surface area contributed by atoms with Gasteiger partial charge in [-0.1, -0.05) is 0 Å². The molecule has 1 saturated heterocycles. The van der Waals surface area contributed by atoms with Crippen molar-refractivity contribution in [3.63, 3.8) is 0 Å². The first-order valence-electron chi connectivity index (χ1n) is 5.44. The average Bonchev–Trinajstić information content (AvgIpc) is 2.80. The third kappa shape index (κ3) is 4.92. The van der Waals surface area contributed by atoms with E-state index in [1.165, 1.54) is 4.90 Å². The molecule has 0 aliphatic carbocycles. The molecule has 8 heteroatoms. The van der Waals surface area contributed by atoms with Gasteiger partial charge in [-0.3, -0.25) is 10.1 Å². The highest BCUT2D eigenvalue weighted by molar-refractivity contribution is 7.99. The van der Waals surface area contributed by atoms with E-state index in [-0.39, 0.29) is 6.04 Å². The monoisotopic (exact) mass is 276 g/mol. The lowest BCUT2D eigenvalue weighted by Gasteiger charge is -2.23. The van der Waals surface area contributed by atoms with Crippen molar-refractivity contribution < 1.29 is 24.2 Å². The number of carbonyl (C=O) groups excluding carboxylic acids is 2. The van der Waals surface area contributed by atoms with Gasteiger partial charge in [0.2, 0.25) is 0 Å². The van der Waals surface area contributed by atoms with E-state index < -0.39 is 31.1 Å². The molecule has 0 aromatic heterocycles. The van der Waals surface area contributed by atoms with Crippen molar-refractivity contribution in [3.8, 4) is 0 Å². The maximum Gasteiger partial charge on any atom is 0.329 e. The molecule has 0 radical (unpaired) electrons. The molecule has 3 amide bonds. The molecule has 0 bridgehead atoms. The maximum atomic E-state index is 11.7. The van der Waals surface area contributed by atoms with E-state index in [0.29, 0.717) is 0 Å². The van der Waals surface area contributed by atoms with E-state index in [0.717, 1.165) is 17.9 Å². The predicted octanol–water partition coefficient (Wildman–Crippen LogP) is -0.239. The first kappa shape index (κ1) is 14.8. The molecule has 0 spiro atoms. The third-order valence-electron chi connectivity index (χ3n) is 2.48. The number of carboxylic acids is 1. The van der Waals surface area contributed by atoms with Crippen LogP contribution >= 0.6 is 11.8 Å². The number of nitrogens with one attached hydrogen (secondary N) is 1. The van der Waals surface area contributed by atoms with E-state index >= 15 is 0 Å². The summed E-state index contributed by atoms with van der Waals surface area (Å²) >= 11 is 1.77. The molecule has 1 fully saturated rings. The molecule has 1 unspecified atom stereocenters. The Morgan fingerprint density at radius 1 is 1.44 bits per heavy atom. The zero-order chi connectivity index (χ0) is 13.5. The molecule has 1 heterocycles. The minimum Gasteiger partial charge on any atom is -0.480 e. The van der Waals surface area contributed by atoms with E-state index in [1.54, 1.807) is 18.8 Å². The number of ether oxygens (including phenoxy) is 1. The number of hydrogen-bond donors (Lipinski definition) is 2. The van der Waals surface area contributed by atoms with Crippen LogP contribution in [0.5, 0.6) is 0 Å². The van der Waals surface area contributed by atoms with Crippen LogP contribution in [0, 0.1) is 0 Å². The van der Waals surface area contributed by atoms with Crippen molar-refractivity contribution in [2.24, 2.45) is 0 Å². The third-order valence-corrected chi connectivity index (χ3v) is 3.62. The highest BCUT2D eigenvalue weighted by atomic mass is 32.2. The Bertz CT molecular complexity index is 330. The topological polar surface area (TPSA) is 95.9 Å². The molecule has 0 saturated carbocycles. The van der Waals surface area contributed by atoms with Gasteiger partial charge in [0.05, 0.1) is 0 Å². The second-order valence-corrected chi connectivity index (χ2v) is 5.02. The Balaban J connectivity index is 2.25. The number of hydrogen-bond acceptors (Lipinski definition) is 5. The Morgan fingerprint density at radius 3 is 2.72 bits per heavy atom. The molecule has 1 rings (SSSR count). The van der Waals surface area contributed by atoms with Gasteiger partial charge in [0, 0.05) is 18.8 Å². The van der Waals surface area contributed by atoms with Gasteiger partial charge in [-0.05, 0) is 12.2 Å². The Morgan fingerprint density at radius 2 is 2.17 bits per heavy atom. The van der Waals surface area contributed by atoms with Crippen LogP contribution in [0.2, 0.25) is 0 Å². The largest absolute Gasteiger partial charge is 0.480 e. The van der Waals surface area contributed by atoms with E-state index in [1.807, 2.05) is 0 Å². The molecule has 102 valence electrons. The molecule has 18 heavy (non-hydrogen) atoms. The number of amides is 3. The zero-order valence-electron chi connectivity index (χ0n) is 10.0. The fourth-order valence-corrected chi connectivity index (χ4v) is 2.74. The SMILES string of the molecule is CN(C(=O)NC(=O)COCC(=O)O)C1CCSC1. The van der Waals surface area contributed by atoms with Gasteiger partial charge < -0.3 is 14.7 Å². The van der Waals surface area contributed by atoms with E-state index in [2.05, 4.69) is 10.1 Å². The van der Waals surface area contributed by atoms with Crippen molar-refractivity contribution in [3.05, 3.63) is 0 Å². The van der Waals surface area contributed by atoms with Crippen molar-refractivity contribution in [1.82, 2.24) is 10.2 Å². The number of imide groups is 1. The van der Waals surface area contributed by atoms with Crippen molar-refractivity contribution in [2.75, 3.05) is 31.8 Å². The van der Waals surface area contributed by atoms with Crippen LogP contribution in [0.25, 0.3) is 0 Å². The van der Waals surface area contributed by atoms with Crippen LogP contribution in [-0.2, 0) is 14.3 Å². The maximum absolute atomic E-state index is 11.7. The van der Waals surface area contributed by atoms with Crippen LogP contribution in [0.1, 0.15) is 6.42 Å². The number of thioether (sulfide) groups is 1. The van der Waals surface area contributed by atoms with Crippen LogP contribution in [0.3, 0.4) is 0 Å². The minimum absolute atomic E-state index is 0.141. The summed E-state index contributed by atoms with van der Waals surface area (Å²) in [6.45, 7) is -0.998. The standard InChI is InChI=1S/C10H16N2O5S/c1-12(7-2-3-18-6-7)10(16)11-8(13)4-17-5-9(14)15/h7H,2-6H2,1H3,(H,14,15)(H,11,13,16). The first-order valence-corrected chi connectivity index (χ1v) is 6.60. The van der Waals surface area contributed by atoms with Crippen molar-refractivity contribution in [2.45, 2.75) is 12.5 Å². The molecule has 1 aliphatic rings. The Kier molecular flexibility index (Phi) is 5.93. The quantitative estimate of drug-likeness (QED) is 0.719. The molecule has 0 aromatic carbocycles. The molecule has 0 aromatic rings. The number of urea groups is 1. The van der Waals surface area contributed by atoms with Gasteiger partial charge >= 0.3 is 12.0 Å². The summed E-state index contributed by atoms with van der Waals surface area (Å²) in [4.78, 5) is 34.6. The number of carbonyl (C=O) groups is 3. The minimum atomic E-state index is -1.16. The Labute approximate surface area is 109 Å². The lowest BCUT2D eigenvalue weighted by Crippen LogP contribution is -2.46. The average molecular weight is 276 g/mol. The first-order chi connectivity index (χ1) is 8.50. The van der Waals surface area contributed by atoms with Gasteiger partial charge in [-0.2, -0.15) is 11.8 Å². The van der Waals surface area contributed by atoms with Crippen LogP contribution in [0.15, 0.2) is 0 Å². The highest BCUT2D eigenvalue weighted by Crippen LogP contribution is 2.21. The summed E-state index contributed by atoms with van der Waals surface area (Å²) in [5.41, 5.74) is 0. The van der Waals surface area contributed by atoms with Gasteiger partial charge in [0.1, 0.15) is 13.2 Å². The second kappa shape index (κ2) is 7.22. The molecule has 1 atom stereocenters. The van der Waals surface area contributed by atoms with Crippen molar-refractivity contribution in [1.29, 1.82) is 0 Å². The summed E-state index contributed by atoms with van der Waals surface area (Å²) in [6.07, 6.45) is 0.915. The molecule has 7 nitrogen and oxygen atoms in total. The summed E-state index contributed by atoms with van der Waals surface area (Å²) in [5.74, 6) is 0.0824. The van der Waals surface area contributed by atoms with Crippen LogP contribution in [0.4, 0.5) is 4.79 Å². The van der Waals surface area contributed by atoms with Crippen molar-refractivity contribution >= 4 is 29.7 Å². The lowest BCUT2D eigenvalue weighted by atomic mass is 10.2. The van der Waals surface area contributed by atoms with Crippen LogP contribution in [-0.4, -0.2) is 65.7 Å². The zero-order valence-corrected chi connectivity index (χ0v) is 10.9. The summed E-state index contributed by atoms with van der Waals surface area (Å²) in [6, 6.07) is -0.339. The lowest BCUT2D eigenvalue weighted by molar-refractivity contribution is -0.143. The fraction of sp³-hybridized carbons (Fsp3) is 0.700. The predicted molar refractivity (Wildman–Crippen MR) is 65.5 cm³/mol. The Hall–Kier alpha value is -1.28. The van der Waals surface area contributed by atoms with Gasteiger partial charge in [-0.15, -0.1) is 0 Å². The van der Waals surface area contributed by atoms with Gasteiger partial charge in [0.15, 0.2) is 0 Å². The normalized spacial score (nSPS) is 18.4. The van der Waals surface area contributed by atoms with E-state index in [9.17, 15) is 14.4 Å². The molecular formula is C10H16N2O5S. The summed E-state index contributed by atoms with van der Waals surface area (Å²) in [7, 11) is 1.64. The molecule has 2 N–H and O–H groups in total. The molecular weight excluding hydrogens is 260 g/mol. The summed E-state index contributed by atoms with van der Waals surface area (Å²) < 4.78 is 4.58. The number of aliphatic carboxylic acids is 1. The highest BCUT2D eigenvalue weighted by Gasteiger charge is 2.24. The van der Waals surface area contributed by atoms with Crippen LogP contribution < -0.4 is 5.32 Å². The number of carboxylic acid groups (broad SMARTS) is 1. The van der Waals surface area contributed by atoms with E-state index in [4.69, 9.17) is 5.11 Å². The molecule has 1 aliphatic heterocycles. The fourth-order valence-electron chi connectivity index (χ4n) is 1.47. The number of nitrogens with zero attached hydrogens (tertiary/aromatic N) is 1. The number of rotatable bonds is 5. The smallest absolute Gasteiger partial charge is 0.329 e. The second-order valence-electron chi connectivity index (χ2n) is 3.87. The summed E-state index contributed by atoms with van der Waals surface area (Å²) in [5, 5.41) is 10.5.